The molecule has 3 amide bonds. The minimum atomic E-state index is -3.59. The number of carbonyl (C=O) groups is 2. The number of halogens is 1. The van der Waals surface area contributed by atoms with Crippen LogP contribution in [0.2, 0.25) is 0 Å². The SMILES string of the molecule is CC(C)COc1cc(C(C)NS(=O)(=O)CC/C=C/CN2C(=O)NC(=O)[C@H]2C)ccc1F. The van der Waals surface area contributed by atoms with Crippen molar-refractivity contribution in [2.75, 3.05) is 18.9 Å². The van der Waals surface area contributed by atoms with Gasteiger partial charge in [0.05, 0.1) is 12.4 Å². The summed E-state index contributed by atoms with van der Waals surface area (Å²) in [7, 11) is -3.59. The maximum atomic E-state index is 13.9. The number of amides is 3. The van der Waals surface area contributed by atoms with E-state index in [1.54, 1.807) is 26.0 Å². The lowest BCUT2D eigenvalue weighted by atomic mass is 10.1. The van der Waals surface area contributed by atoms with E-state index in [1.165, 1.54) is 23.1 Å². The maximum absolute atomic E-state index is 13.9. The molecule has 0 saturated carbocycles. The summed E-state index contributed by atoms with van der Waals surface area (Å²) in [5.41, 5.74) is 0.595. The number of nitrogens with zero attached hydrogens (tertiary/aromatic N) is 1. The molecule has 0 aromatic heterocycles. The number of hydrogen-bond acceptors (Lipinski definition) is 5. The highest BCUT2D eigenvalue weighted by molar-refractivity contribution is 7.89. The minimum absolute atomic E-state index is 0.0961. The van der Waals surface area contributed by atoms with Crippen LogP contribution >= 0.6 is 0 Å². The van der Waals surface area contributed by atoms with Crippen molar-refractivity contribution in [2.45, 2.75) is 46.2 Å². The predicted molar refractivity (Wildman–Crippen MR) is 116 cm³/mol. The van der Waals surface area contributed by atoms with Crippen LogP contribution in [-0.4, -0.2) is 50.2 Å². The van der Waals surface area contributed by atoms with Gasteiger partial charge in [-0.05, 0) is 43.9 Å². The van der Waals surface area contributed by atoms with Gasteiger partial charge in [0.25, 0.3) is 5.91 Å². The molecule has 0 aliphatic carbocycles. The van der Waals surface area contributed by atoms with Gasteiger partial charge in [-0.15, -0.1) is 0 Å². The van der Waals surface area contributed by atoms with E-state index in [-0.39, 0.29) is 36.3 Å². The van der Waals surface area contributed by atoms with E-state index in [4.69, 9.17) is 4.74 Å². The molecule has 1 saturated heterocycles. The number of imide groups is 1. The molecule has 172 valence electrons. The molecule has 1 aliphatic heterocycles. The maximum Gasteiger partial charge on any atom is 0.325 e. The van der Waals surface area contributed by atoms with Gasteiger partial charge in [-0.1, -0.05) is 32.1 Å². The Labute approximate surface area is 182 Å². The topological polar surface area (TPSA) is 105 Å². The van der Waals surface area contributed by atoms with Crippen molar-refractivity contribution in [3.63, 3.8) is 0 Å². The van der Waals surface area contributed by atoms with Crippen LogP contribution in [-0.2, 0) is 14.8 Å². The summed E-state index contributed by atoms with van der Waals surface area (Å²) >= 11 is 0. The van der Waals surface area contributed by atoms with Crippen LogP contribution in [0.4, 0.5) is 9.18 Å². The number of carbonyl (C=O) groups excluding carboxylic acids is 2. The second-order valence-electron chi connectivity index (χ2n) is 7.94. The van der Waals surface area contributed by atoms with Crippen molar-refractivity contribution < 1.29 is 27.1 Å². The van der Waals surface area contributed by atoms with Gasteiger partial charge in [0.1, 0.15) is 6.04 Å². The lowest BCUT2D eigenvalue weighted by molar-refractivity contribution is -0.120. The van der Waals surface area contributed by atoms with E-state index < -0.39 is 34.0 Å². The normalized spacial score (nSPS) is 18.1. The molecule has 1 fully saturated rings. The van der Waals surface area contributed by atoms with Gasteiger partial charge in [-0.2, -0.15) is 0 Å². The highest BCUT2D eigenvalue weighted by Gasteiger charge is 2.33. The molecule has 0 spiro atoms. The molecule has 0 radical (unpaired) electrons. The smallest absolute Gasteiger partial charge is 0.325 e. The highest BCUT2D eigenvalue weighted by Crippen LogP contribution is 2.24. The largest absolute Gasteiger partial charge is 0.490 e. The van der Waals surface area contributed by atoms with Crippen LogP contribution in [0, 0.1) is 11.7 Å². The summed E-state index contributed by atoms with van der Waals surface area (Å²) in [6, 6.07) is 2.73. The van der Waals surface area contributed by atoms with Crippen LogP contribution in [0.25, 0.3) is 0 Å². The van der Waals surface area contributed by atoms with Gasteiger partial charge < -0.3 is 9.64 Å². The summed E-state index contributed by atoms with van der Waals surface area (Å²) < 4.78 is 46.7. The number of allylic oxidation sites excluding steroid dienone is 1. The number of sulfonamides is 1. The van der Waals surface area contributed by atoms with E-state index in [0.29, 0.717) is 12.2 Å². The average molecular weight is 456 g/mol. The number of rotatable bonds is 11. The van der Waals surface area contributed by atoms with Crippen LogP contribution in [0.5, 0.6) is 5.75 Å². The van der Waals surface area contributed by atoms with Crippen LogP contribution < -0.4 is 14.8 Å². The first kappa shape index (κ1) is 24.8. The van der Waals surface area contributed by atoms with E-state index in [0.717, 1.165) is 0 Å². The van der Waals surface area contributed by atoms with Gasteiger partial charge in [0.15, 0.2) is 11.6 Å². The lowest BCUT2D eigenvalue weighted by Crippen LogP contribution is -2.33. The molecule has 1 unspecified atom stereocenters. The zero-order chi connectivity index (χ0) is 23.2. The molecule has 1 aromatic carbocycles. The van der Waals surface area contributed by atoms with Gasteiger partial charge in [-0.3, -0.25) is 10.1 Å². The monoisotopic (exact) mass is 455 g/mol. The summed E-state index contributed by atoms with van der Waals surface area (Å²) in [6.45, 7) is 7.78. The summed E-state index contributed by atoms with van der Waals surface area (Å²) in [4.78, 5) is 24.4. The Bertz CT molecular complexity index is 933. The van der Waals surface area contributed by atoms with E-state index in [2.05, 4.69) is 10.0 Å². The predicted octanol–water partition coefficient (Wildman–Crippen LogP) is 2.73. The van der Waals surface area contributed by atoms with E-state index in [9.17, 15) is 22.4 Å². The van der Waals surface area contributed by atoms with E-state index in [1.807, 2.05) is 13.8 Å². The van der Waals surface area contributed by atoms with Crippen molar-refractivity contribution in [2.24, 2.45) is 5.92 Å². The number of benzene rings is 1. The minimum Gasteiger partial charge on any atom is -0.490 e. The van der Waals surface area contributed by atoms with Crippen LogP contribution in [0.15, 0.2) is 30.4 Å². The van der Waals surface area contributed by atoms with E-state index >= 15 is 0 Å². The molecule has 8 nitrogen and oxygen atoms in total. The Hall–Kier alpha value is -2.46. The molecule has 1 aromatic rings. The van der Waals surface area contributed by atoms with Gasteiger partial charge in [0, 0.05) is 12.6 Å². The lowest BCUT2D eigenvalue weighted by Gasteiger charge is -2.17. The molecule has 1 aliphatic rings. The van der Waals surface area contributed by atoms with Gasteiger partial charge >= 0.3 is 6.03 Å². The van der Waals surface area contributed by atoms with Crippen molar-refractivity contribution >= 4 is 22.0 Å². The standard InChI is InChI=1S/C21H30FN3O5S/c1-14(2)13-30-19-12-17(8-9-18(19)22)15(3)24-31(28,29)11-7-5-6-10-25-16(4)20(26)23-21(25)27/h5-6,8-9,12,14-16,24H,7,10-11,13H2,1-4H3,(H,23,26,27)/b6-5+/t15?,16-/m1/s1. The van der Waals surface area contributed by atoms with Crippen LogP contribution in [0.1, 0.15) is 45.7 Å². The molecule has 2 atom stereocenters. The highest BCUT2D eigenvalue weighted by atomic mass is 32.2. The Kier molecular flexibility index (Phi) is 8.58. The molecular formula is C21H30FN3O5S. The van der Waals surface area contributed by atoms with Crippen molar-refractivity contribution in [1.82, 2.24) is 14.9 Å². The first-order chi connectivity index (χ1) is 14.5. The third-order valence-electron chi connectivity index (χ3n) is 4.74. The Balaban J connectivity index is 1.87. The third-order valence-corrected chi connectivity index (χ3v) is 6.23. The fraction of sp³-hybridized carbons (Fsp3) is 0.524. The molecule has 10 heteroatoms. The number of urea groups is 1. The van der Waals surface area contributed by atoms with Crippen molar-refractivity contribution in [3.8, 4) is 5.75 Å². The fourth-order valence-electron chi connectivity index (χ4n) is 2.92. The quantitative estimate of drug-likeness (QED) is 0.394. The first-order valence-electron chi connectivity index (χ1n) is 10.2. The number of nitrogens with one attached hydrogen (secondary N) is 2. The Morgan fingerprint density at radius 1 is 1.26 bits per heavy atom. The van der Waals surface area contributed by atoms with Crippen molar-refractivity contribution in [1.29, 1.82) is 0 Å². The Morgan fingerprint density at radius 3 is 2.58 bits per heavy atom. The van der Waals surface area contributed by atoms with Gasteiger partial charge in [0.2, 0.25) is 10.0 Å². The van der Waals surface area contributed by atoms with Crippen LogP contribution in [0.3, 0.4) is 0 Å². The molecule has 1 heterocycles. The Morgan fingerprint density at radius 2 is 1.97 bits per heavy atom. The second kappa shape index (κ2) is 10.7. The average Bonchev–Trinajstić information content (AvgIpc) is 2.92. The summed E-state index contributed by atoms with van der Waals surface area (Å²) in [5.74, 6) is -0.661. The second-order valence-corrected chi connectivity index (χ2v) is 9.81. The number of hydrogen-bond donors (Lipinski definition) is 2. The molecule has 31 heavy (non-hydrogen) atoms. The van der Waals surface area contributed by atoms with Gasteiger partial charge in [-0.25, -0.2) is 22.3 Å². The van der Waals surface area contributed by atoms with Crippen molar-refractivity contribution in [3.05, 3.63) is 41.7 Å². The number of ether oxygens (including phenoxy) is 1. The third kappa shape index (κ3) is 7.32. The zero-order valence-corrected chi connectivity index (χ0v) is 19.0. The molecule has 2 N–H and O–H groups in total. The summed E-state index contributed by atoms with van der Waals surface area (Å²) in [6.07, 6.45) is 3.56. The zero-order valence-electron chi connectivity index (χ0n) is 18.2. The molecule has 0 bridgehead atoms. The molecular weight excluding hydrogens is 425 g/mol. The first-order valence-corrected chi connectivity index (χ1v) is 11.8. The summed E-state index contributed by atoms with van der Waals surface area (Å²) in [5, 5.41) is 2.22. The molecule has 2 rings (SSSR count). The fourth-order valence-corrected chi connectivity index (χ4v) is 4.16.